The maximum absolute atomic E-state index is 9.54. The zero-order valence-corrected chi connectivity index (χ0v) is 12.3. The van der Waals surface area contributed by atoms with Crippen molar-refractivity contribution in [3.63, 3.8) is 0 Å². The van der Waals surface area contributed by atoms with Gasteiger partial charge in [-0.25, -0.2) is 0 Å². The van der Waals surface area contributed by atoms with E-state index in [1.54, 1.807) is 7.11 Å². The second-order valence-corrected chi connectivity index (χ2v) is 5.14. The molecule has 16 heavy (non-hydrogen) atoms. The minimum Gasteiger partial charge on any atom is -0.506 e. The molecular weight excluding hydrogens is 338 g/mol. The van der Waals surface area contributed by atoms with Gasteiger partial charge in [0.15, 0.2) is 0 Å². The highest BCUT2D eigenvalue weighted by molar-refractivity contribution is 9.11. The van der Waals surface area contributed by atoms with Gasteiger partial charge in [0.2, 0.25) is 0 Å². The molecule has 0 saturated heterocycles. The van der Waals surface area contributed by atoms with Crippen molar-refractivity contribution in [2.45, 2.75) is 13.0 Å². The maximum atomic E-state index is 9.54. The molecule has 90 valence electrons. The van der Waals surface area contributed by atoms with Gasteiger partial charge in [0, 0.05) is 20.3 Å². The Morgan fingerprint density at radius 3 is 2.50 bits per heavy atom. The van der Waals surface area contributed by atoms with E-state index in [0.29, 0.717) is 8.95 Å². The Balaban J connectivity index is 2.43. The van der Waals surface area contributed by atoms with Gasteiger partial charge >= 0.3 is 0 Å². The highest BCUT2D eigenvalue weighted by Crippen LogP contribution is 2.33. The quantitative estimate of drug-likeness (QED) is 0.773. The van der Waals surface area contributed by atoms with E-state index in [-0.39, 0.29) is 5.75 Å². The van der Waals surface area contributed by atoms with Gasteiger partial charge in [-0.1, -0.05) is 0 Å². The molecule has 1 aromatic carbocycles. The van der Waals surface area contributed by atoms with Crippen molar-refractivity contribution in [3.8, 4) is 5.75 Å². The Morgan fingerprint density at radius 1 is 1.31 bits per heavy atom. The van der Waals surface area contributed by atoms with E-state index in [4.69, 9.17) is 4.74 Å². The zero-order chi connectivity index (χ0) is 12.0. The Hall–Kier alpha value is -0.100. The zero-order valence-electron chi connectivity index (χ0n) is 9.09. The lowest BCUT2D eigenvalue weighted by molar-refractivity contribution is 0.194. The van der Waals surface area contributed by atoms with Crippen LogP contribution in [0.1, 0.15) is 12.0 Å². The molecule has 0 heterocycles. The number of nitrogens with one attached hydrogen (secondary N) is 1. The fourth-order valence-electron chi connectivity index (χ4n) is 1.29. The summed E-state index contributed by atoms with van der Waals surface area (Å²) in [6, 6.07) is 3.81. The summed E-state index contributed by atoms with van der Waals surface area (Å²) in [5, 5.41) is 12.8. The molecule has 0 radical (unpaired) electrons. The van der Waals surface area contributed by atoms with E-state index in [9.17, 15) is 5.11 Å². The molecule has 0 aliphatic heterocycles. The van der Waals surface area contributed by atoms with E-state index in [0.717, 1.165) is 31.7 Å². The summed E-state index contributed by atoms with van der Waals surface area (Å²) in [5.41, 5.74) is 1.12. The maximum Gasteiger partial charge on any atom is 0.143 e. The van der Waals surface area contributed by atoms with Crippen LogP contribution < -0.4 is 5.32 Å². The molecule has 0 aliphatic rings. The minimum atomic E-state index is 0.239. The average Bonchev–Trinajstić information content (AvgIpc) is 2.25. The second kappa shape index (κ2) is 7.27. The Morgan fingerprint density at radius 2 is 1.94 bits per heavy atom. The van der Waals surface area contributed by atoms with Crippen molar-refractivity contribution in [2.24, 2.45) is 0 Å². The number of methoxy groups -OCH3 is 1. The molecule has 0 amide bonds. The van der Waals surface area contributed by atoms with E-state index in [1.165, 1.54) is 0 Å². The summed E-state index contributed by atoms with van der Waals surface area (Å²) in [7, 11) is 1.70. The number of phenolic OH excluding ortho intramolecular Hbond substituents is 1. The topological polar surface area (TPSA) is 41.5 Å². The number of rotatable bonds is 6. The van der Waals surface area contributed by atoms with Crippen molar-refractivity contribution >= 4 is 31.9 Å². The van der Waals surface area contributed by atoms with E-state index in [2.05, 4.69) is 37.2 Å². The third-order valence-electron chi connectivity index (χ3n) is 2.11. The summed E-state index contributed by atoms with van der Waals surface area (Å²) in [4.78, 5) is 0. The largest absolute Gasteiger partial charge is 0.506 e. The summed E-state index contributed by atoms with van der Waals surface area (Å²) in [5.74, 6) is 0.239. The first kappa shape index (κ1) is 14.0. The van der Waals surface area contributed by atoms with Crippen molar-refractivity contribution in [2.75, 3.05) is 20.3 Å². The third-order valence-corrected chi connectivity index (χ3v) is 3.32. The Kier molecular flexibility index (Phi) is 6.34. The minimum absolute atomic E-state index is 0.239. The molecule has 0 aromatic heterocycles. The lowest BCUT2D eigenvalue weighted by atomic mass is 10.2. The van der Waals surface area contributed by atoms with Crippen LogP contribution in [0, 0.1) is 0 Å². The molecular formula is C11H15Br2NO2. The lowest BCUT2D eigenvalue weighted by Gasteiger charge is -2.07. The summed E-state index contributed by atoms with van der Waals surface area (Å²) < 4.78 is 6.37. The molecule has 0 saturated carbocycles. The summed E-state index contributed by atoms with van der Waals surface area (Å²) >= 11 is 6.61. The first-order chi connectivity index (χ1) is 7.65. The molecule has 0 bridgehead atoms. The first-order valence-electron chi connectivity index (χ1n) is 5.01. The fourth-order valence-corrected chi connectivity index (χ4v) is 2.58. The van der Waals surface area contributed by atoms with Crippen LogP contribution >= 0.6 is 31.9 Å². The van der Waals surface area contributed by atoms with Crippen LogP contribution in [0.15, 0.2) is 21.1 Å². The molecule has 2 N–H and O–H groups in total. The molecule has 0 unspecified atom stereocenters. The van der Waals surface area contributed by atoms with Crippen LogP contribution in [0.25, 0.3) is 0 Å². The summed E-state index contributed by atoms with van der Waals surface area (Å²) in [6.07, 6.45) is 0.997. The number of ether oxygens (including phenoxy) is 1. The van der Waals surface area contributed by atoms with E-state index < -0.39 is 0 Å². The highest BCUT2D eigenvalue weighted by Gasteiger charge is 2.05. The standard InChI is InChI=1S/C11H15Br2NO2/c1-16-4-2-3-14-7-8-5-9(12)11(15)10(13)6-8/h5-6,14-15H,2-4,7H2,1H3. The number of phenols is 1. The van der Waals surface area contributed by atoms with Crippen LogP contribution in [0.2, 0.25) is 0 Å². The molecule has 1 aromatic rings. The van der Waals surface area contributed by atoms with Crippen molar-refractivity contribution in [1.29, 1.82) is 0 Å². The van der Waals surface area contributed by atoms with Crippen LogP contribution in [-0.2, 0) is 11.3 Å². The molecule has 0 atom stereocenters. The van der Waals surface area contributed by atoms with Gasteiger partial charge in [-0.3, -0.25) is 0 Å². The molecule has 0 fully saturated rings. The fraction of sp³-hybridized carbons (Fsp3) is 0.455. The number of halogens is 2. The van der Waals surface area contributed by atoms with Gasteiger partial charge in [-0.05, 0) is 62.5 Å². The smallest absolute Gasteiger partial charge is 0.143 e. The van der Waals surface area contributed by atoms with Crippen LogP contribution in [-0.4, -0.2) is 25.4 Å². The number of hydrogen-bond acceptors (Lipinski definition) is 3. The van der Waals surface area contributed by atoms with E-state index in [1.807, 2.05) is 12.1 Å². The van der Waals surface area contributed by atoms with Gasteiger partial charge in [0.25, 0.3) is 0 Å². The third kappa shape index (κ3) is 4.41. The van der Waals surface area contributed by atoms with Gasteiger partial charge in [-0.2, -0.15) is 0 Å². The van der Waals surface area contributed by atoms with Crippen LogP contribution in [0.3, 0.4) is 0 Å². The molecule has 5 heteroatoms. The SMILES string of the molecule is COCCCNCc1cc(Br)c(O)c(Br)c1. The number of aromatic hydroxyl groups is 1. The van der Waals surface area contributed by atoms with E-state index >= 15 is 0 Å². The normalized spacial score (nSPS) is 10.7. The number of hydrogen-bond donors (Lipinski definition) is 2. The second-order valence-electron chi connectivity index (χ2n) is 3.43. The van der Waals surface area contributed by atoms with Crippen molar-refractivity contribution in [3.05, 3.63) is 26.6 Å². The number of benzene rings is 1. The Labute approximate surface area is 112 Å². The molecule has 3 nitrogen and oxygen atoms in total. The monoisotopic (exact) mass is 351 g/mol. The van der Waals surface area contributed by atoms with Crippen LogP contribution in [0.5, 0.6) is 5.75 Å². The highest BCUT2D eigenvalue weighted by atomic mass is 79.9. The van der Waals surface area contributed by atoms with Gasteiger partial charge < -0.3 is 15.2 Å². The van der Waals surface area contributed by atoms with Crippen LogP contribution in [0.4, 0.5) is 0 Å². The van der Waals surface area contributed by atoms with Gasteiger partial charge in [0.1, 0.15) is 5.75 Å². The molecule has 1 rings (SSSR count). The van der Waals surface area contributed by atoms with Crippen molar-refractivity contribution < 1.29 is 9.84 Å². The average molecular weight is 353 g/mol. The summed E-state index contributed by atoms with van der Waals surface area (Å²) in [6.45, 7) is 2.47. The predicted molar refractivity (Wildman–Crippen MR) is 71.7 cm³/mol. The van der Waals surface area contributed by atoms with Gasteiger partial charge in [0.05, 0.1) is 8.95 Å². The van der Waals surface area contributed by atoms with Gasteiger partial charge in [-0.15, -0.1) is 0 Å². The predicted octanol–water partition coefficient (Wildman–Crippen LogP) is 3.04. The Bertz CT molecular complexity index is 322. The first-order valence-corrected chi connectivity index (χ1v) is 6.60. The molecule has 0 spiro atoms. The molecule has 0 aliphatic carbocycles. The van der Waals surface area contributed by atoms with Crippen molar-refractivity contribution in [1.82, 2.24) is 5.32 Å². The lowest BCUT2D eigenvalue weighted by Crippen LogP contribution is -2.16.